The van der Waals surface area contributed by atoms with Crippen molar-refractivity contribution in [2.24, 2.45) is 0 Å². The number of aromatic nitrogens is 1. The fourth-order valence-corrected chi connectivity index (χ4v) is 4.57. The molecule has 0 radical (unpaired) electrons. The van der Waals surface area contributed by atoms with E-state index in [9.17, 15) is 4.79 Å². The number of carbonyl (C=O) groups excluding carboxylic acids is 1. The number of carbonyl (C=O) groups is 1. The molecule has 2 aromatic heterocycles. The Morgan fingerprint density at radius 2 is 2.00 bits per heavy atom. The van der Waals surface area contributed by atoms with Gasteiger partial charge in [-0.2, -0.15) is 0 Å². The molecule has 0 fully saturated rings. The highest BCUT2D eigenvalue weighted by Crippen LogP contribution is 2.23. The van der Waals surface area contributed by atoms with E-state index in [1.165, 1.54) is 4.88 Å². The molecule has 24 heavy (non-hydrogen) atoms. The number of halogens is 1. The van der Waals surface area contributed by atoms with E-state index in [1.54, 1.807) is 22.7 Å². The van der Waals surface area contributed by atoms with Crippen molar-refractivity contribution in [1.29, 1.82) is 0 Å². The summed E-state index contributed by atoms with van der Waals surface area (Å²) in [6.45, 7) is 0.501. The van der Waals surface area contributed by atoms with Gasteiger partial charge < -0.3 is 5.32 Å². The molecule has 2 heterocycles. The minimum atomic E-state index is 0.0853. The molecule has 0 atom stereocenters. The highest BCUT2D eigenvalue weighted by atomic mass is 79.9. The summed E-state index contributed by atoms with van der Waals surface area (Å²) in [5.41, 5.74) is 2.07. The van der Waals surface area contributed by atoms with Crippen LogP contribution in [0, 0.1) is 0 Å². The summed E-state index contributed by atoms with van der Waals surface area (Å²) in [5, 5.41) is 5.93. The zero-order valence-electron chi connectivity index (χ0n) is 13.0. The highest BCUT2D eigenvalue weighted by molar-refractivity contribution is 9.11. The number of hydrogen-bond donors (Lipinski definition) is 1. The lowest BCUT2D eigenvalue weighted by Crippen LogP contribution is -2.22. The molecule has 3 rings (SSSR count). The Morgan fingerprint density at radius 1 is 1.17 bits per heavy atom. The second-order valence-electron chi connectivity index (χ2n) is 5.33. The third kappa shape index (κ3) is 5.00. The van der Waals surface area contributed by atoms with Crippen molar-refractivity contribution in [2.75, 3.05) is 0 Å². The average Bonchev–Trinajstić information content (AvgIpc) is 3.23. The van der Waals surface area contributed by atoms with Crippen molar-refractivity contribution >= 4 is 44.5 Å². The van der Waals surface area contributed by atoms with Crippen molar-refractivity contribution in [3.05, 3.63) is 61.5 Å². The van der Waals surface area contributed by atoms with Gasteiger partial charge in [0.25, 0.3) is 0 Å². The smallest absolute Gasteiger partial charge is 0.220 e. The molecule has 0 aliphatic rings. The lowest BCUT2D eigenvalue weighted by atomic mass is 10.2. The molecular formula is C18H17BrN2OS2. The standard InChI is InChI=1S/C18H17BrN2OS2/c19-16-10-9-14(24-16)7-4-8-17(22)20-11-18-21-15(12-23-18)13-5-2-1-3-6-13/h1-3,5-6,9-10,12H,4,7-8,11H2,(H,20,22). The molecule has 3 nitrogen and oxygen atoms in total. The zero-order chi connectivity index (χ0) is 16.8. The number of benzene rings is 1. The normalized spacial score (nSPS) is 10.7. The van der Waals surface area contributed by atoms with Crippen LogP contribution in [0.5, 0.6) is 0 Å². The quantitative estimate of drug-likeness (QED) is 0.565. The van der Waals surface area contributed by atoms with E-state index in [-0.39, 0.29) is 5.91 Å². The zero-order valence-corrected chi connectivity index (χ0v) is 16.2. The van der Waals surface area contributed by atoms with Gasteiger partial charge in [0.05, 0.1) is 16.0 Å². The van der Waals surface area contributed by atoms with E-state index in [4.69, 9.17) is 0 Å². The van der Waals surface area contributed by atoms with E-state index in [0.29, 0.717) is 13.0 Å². The van der Waals surface area contributed by atoms with Gasteiger partial charge in [0, 0.05) is 22.2 Å². The molecule has 3 aromatic rings. The minimum absolute atomic E-state index is 0.0853. The Morgan fingerprint density at radius 3 is 2.75 bits per heavy atom. The van der Waals surface area contributed by atoms with Gasteiger partial charge in [-0.25, -0.2) is 4.98 Å². The van der Waals surface area contributed by atoms with Crippen LogP contribution >= 0.6 is 38.6 Å². The topological polar surface area (TPSA) is 42.0 Å². The molecule has 1 N–H and O–H groups in total. The van der Waals surface area contributed by atoms with Crippen molar-refractivity contribution in [2.45, 2.75) is 25.8 Å². The summed E-state index contributed by atoms with van der Waals surface area (Å²) < 4.78 is 1.14. The highest BCUT2D eigenvalue weighted by Gasteiger charge is 2.07. The fourth-order valence-electron chi connectivity index (χ4n) is 2.31. The Bertz CT molecular complexity index is 798. The maximum Gasteiger partial charge on any atom is 0.220 e. The van der Waals surface area contributed by atoms with Crippen LogP contribution in [0.1, 0.15) is 22.7 Å². The molecule has 124 valence electrons. The number of nitrogens with one attached hydrogen (secondary N) is 1. The number of nitrogens with zero attached hydrogens (tertiary/aromatic N) is 1. The second-order valence-corrected chi connectivity index (χ2v) is 8.82. The van der Waals surface area contributed by atoms with Gasteiger partial charge in [0.1, 0.15) is 5.01 Å². The number of amides is 1. The molecule has 1 amide bonds. The van der Waals surface area contributed by atoms with Crippen LogP contribution in [0.3, 0.4) is 0 Å². The number of rotatable bonds is 7. The van der Waals surface area contributed by atoms with Crippen LogP contribution in [-0.4, -0.2) is 10.9 Å². The van der Waals surface area contributed by atoms with E-state index in [2.05, 4.69) is 32.3 Å². The van der Waals surface area contributed by atoms with Crippen LogP contribution in [0.4, 0.5) is 0 Å². The first-order valence-corrected chi connectivity index (χ1v) is 10.2. The Kier molecular flexibility index (Phi) is 6.18. The van der Waals surface area contributed by atoms with E-state index >= 15 is 0 Å². The van der Waals surface area contributed by atoms with Crippen LogP contribution < -0.4 is 5.32 Å². The molecule has 0 aliphatic carbocycles. The summed E-state index contributed by atoms with van der Waals surface area (Å²) in [5.74, 6) is 0.0853. The number of thiophene rings is 1. The fraction of sp³-hybridized carbons (Fsp3) is 0.222. The molecule has 0 unspecified atom stereocenters. The van der Waals surface area contributed by atoms with Crippen LogP contribution in [-0.2, 0) is 17.8 Å². The maximum atomic E-state index is 11.9. The summed E-state index contributed by atoms with van der Waals surface area (Å²) in [7, 11) is 0. The number of hydrogen-bond acceptors (Lipinski definition) is 4. The van der Waals surface area contributed by atoms with Crippen molar-refractivity contribution in [3.8, 4) is 11.3 Å². The molecule has 0 saturated heterocycles. The Hall–Kier alpha value is -1.50. The van der Waals surface area contributed by atoms with Gasteiger partial charge in [-0.1, -0.05) is 30.3 Å². The third-order valence-electron chi connectivity index (χ3n) is 3.51. The molecule has 6 heteroatoms. The van der Waals surface area contributed by atoms with Crippen molar-refractivity contribution in [1.82, 2.24) is 10.3 Å². The lowest BCUT2D eigenvalue weighted by molar-refractivity contribution is -0.121. The molecule has 0 spiro atoms. The van der Waals surface area contributed by atoms with Crippen LogP contribution in [0.15, 0.2) is 51.6 Å². The number of thiazole rings is 1. The molecule has 0 saturated carbocycles. The van der Waals surface area contributed by atoms with Gasteiger partial charge in [0.15, 0.2) is 0 Å². The van der Waals surface area contributed by atoms with Crippen LogP contribution in [0.25, 0.3) is 11.3 Å². The Balaban J connectivity index is 1.42. The van der Waals surface area contributed by atoms with Gasteiger partial charge in [-0.15, -0.1) is 22.7 Å². The van der Waals surface area contributed by atoms with Gasteiger partial charge >= 0.3 is 0 Å². The van der Waals surface area contributed by atoms with E-state index in [0.717, 1.165) is 32.9 Å². The lowest BCUT2D eigenvalue weighted by Gasteiger charge is -2.02. The molecule has 1 aromatic carbocycles. The third-order valence-corrected chi connectivity index (χ3v) is 6.05. The predicted molar refractivity (Wildman–Crippen MR) is 104 cm³/mol. The predicted octanol–water partition coefficient (Wildman–Crippen LogP) is 5.27. The first-order valence-electron chi connectivity index (χ1n) is 7.71. The van der Waals surface area contributed by atoms with Gasteiger partial charge in [-0.05, 0) is 40.9 Å². The minimum Gasteiger partial charge on any atom is -0.350 e. The SMILES string of the molecule is O=C(CCCc1ccc(Br)s1)NCc1nc(-c2ccccc2)cs1. The number of aryl methyl sites for hydroxylation is 1. The van der Waals surface area contributed by atoms with Crippen molar-refractivity contribution < 1.29 is 4.79 Å². The van der Waals surface area contributed by atoms with Crippen LogP contribution in [0.2, 0.25) is 0 Å². The Labute approximate surface area is 157 Å². The first kappa shape index (κ1) is 17.3. The maximum absolute atomic E-state index is 11.9. The van der Waals surface area contributed by atoms with E-state index in [1.807, 2.05) is 41.8 Å². The van der Waals surface area contributed by atoms with Crippen molar-refractivity contribution in [3.63, 3.8) is 0 Å². The molecule has 0 aliphatic heterocycles. The summed E-state index contributed by atoms with van der Waals surface area (Å²) in [6.07, 6.45) is 2.36. The summed E-state index contributed by atoms with van der Waals surface area (Å²) >= 11 is 6.76. The summed E-state index contributed by atoms with van der Waals surface area (Å²) in [4.78, 5) is 17.8. The van der Waals surface area contributed by atoms with Gasteiger partial charge in [-0.3, -0.25) is 4.79 Å². The van der Waals surface area contributed by atoms with E-state index < -0.39 is 0 Å². The average molecular weight is 421 g/mol. The van der Waals surface area contributed by atoms with Gasteiger partial charge in [0.2, 0.25) is 5.91 Å². The second kappa shape index (κ2) is 8.55. The largest absolute Gasteiger partial charge is 0.350 e. The summed E-state index contributed by atoms with van der Waals surface area (Å²) in [6, 6.07) is 14.2. The monoisotopic (exact) mass is 420 g/mol. The molecule has 0 bridgehead atoms. The first-order chi connectivity index (χ1) is 11.7. The molecular weight excluding hydrogens is 404 g/mol.